The Morgan fingerprint density at radius 2 is 2.32 bits per heavy atom. The summed E-state index contributed by atoms with van der Waals surface area (Å²) >= 11 is 0. The van der Waals surface area contributed by atoms with E-state index in [9.17, 15) is 4.39 Å². The second kappa shape index (κ2) is 6.89. The summed E-state index contributed by atoms with van der Waals surface area (Å²) in [6.45, 7) is 0.464. The summed E-state index contributed by atoms with van der Waals surface area (Å²) < 4.78 is 18.8. The lowest BCUT2D eigenvalue weighted by molar-refractivity contribution is 0.285. The molecule has 0 radical (unpaired) electrons. The lowest BCUT2D eigenvalue weighted by Crippen LogP contribution is -2.30. The number of H-pyrrole nitrogens is 1. The minimum absolute atomic E-state index is 0.135. The first-order valence-electron chi connectivity index (χ1n) is 7.62. The van der Waals surface area contributed by atoms with Gasteiger partial charge in [0.05, 0.1) is 26.0 Å². The van der Waals surface area contributed by atoms with Gasteiger partial charge in [-0.25, -0.2) is 9.37 Å². The summed E-state index contributed by atoms with van der Waals surface area (Å²) in [6.07, 6.45) is 1.88. The number of fused-ring (bicyclic) bond motifs is 1. The van der Waals surface area contributed by atoms with Crippen molar-refractivity contribution in [3.63, 3.8) is 0 Å². The Morgan fingerprint density at radius 1 is 1.52 bits per heavy atom. The van der Waals surface area contributed by atoms with E-state index < -0.39 is 12.2 Å². The highest BCUT2D eigenvalue weighted by Crippen LogP contribution is 2.24. The molecule has 2 aromatic heterocycles. The molecule has 0 unspecified atom stereocenters. The standard InChI is InChI=1S/C14H20FN9O/c1-18-3-9(11(17)25-2)21-13-10-12(20-6-19-10)22-14(23-13)24-4-7(15)8(16)5-24/h3,6-8H,4-5,16-17H2,1-2H3,(H2,19,20,21,22,23)/t7-,8-/m1/s1. The summed E-state index contributed by atoms with van der Waals surface area (Å²) in [6, 6.07) is -0.568. The predicted octanol–water partition coefficient (Wildman–Crippen LogP) is -0.275. The van der Waals surface area contributed by atoms with Crippen LogP contribution in [0.1, 0.15) is 0 Å². The Balaban J connectivity index is 2.01. The number of hydrogen-bond acceptors (Lipinski definition) is 9. The van der Waals surface area contributed by atoms with Gasteiger partial charge in [0, 0.05) is 19.8 Å². The third kappa shape index (κ3) is 3.31. The molecule has 6 N–H and O–H groups in total. The van der Waals surface area contributed by atoms with Crippen molar-refractivity contribution in [2.24, 2.45) is 16.5 Å². The number of allylic oxidation sites excluding steroid dienone is 1. The minimum atomic E-state index is -1.12. The Bertz CT molecular complexity index is 808. The zero-order chi connectivity index (χ0) is 18.0. The topological polar surface area (TPSA) is 143 Å². The molecule has 0 amide bonds. The molecule has 3 rings (SSSR count). The van der Waals surface area contributed by atoms with E-state index in [4.69, 9.17) is 16.2 Å². The molecule has 0 bridgehead atoms. The number of methoxy groups -OCH3 is 1. The van der Waals surface area contributed by atoms with E-state index in [1.165, 1.54) is 19.7 Å². The number of rotatable bonds is 5. The number of ether oxygens (including phenoxy) is 1. The molecular formula is C14H20FN9O. The Labute approximate surface area is 143 Å². The maximum atomic E-state index is 13.8. The van der Waals surface area contributed by atoms with Crippen molar-refractivity contribution in [2.45, 2.75) is 12.2 Å². The van der Waals surface area contributed by atoms with Crippen molar-refractivity contribution in [1.82, 2.24) is 19.9 Å². The fourth-order valence-corrected chi connectivity index (χ4v) is 2.53. The van der Waals surface area contributed by atoms with Crippen LogP contribution in [-0.2, 0) is 4.74 Å². The molecule has 1 saturated heterocycles. The summed E-state index contributed by atoms with van der Waals surface area (Å²) in [5.41, 5.74) is 13.0. The van der Waals surface area contributed by atoms with E-state index in [2.05, 4.69) is 30.2 Å². The quantitative estimate of drug-likeness (QED) is 0.426. The van der Waals surface area contributed by atoms with E-state index in [0.717, 1.165) is 0 Å². The van der Waals surface area contributed by atoms with Crippen molar-refractivity contribution < 1.29 is 9.13 Å². The molecule has 3 heterocycles. The Morgan fingerprint density at radius 3 is 2.96 bits per heavy atom. The highest BCUT2D eigenvalue weighted by molar-refractivity contribution is 5.90. The lowest BCUT2D eigenvalue weighted by atomic mass is 10.3. The van der Waals surface area contributed by atoms with Crippen LogP contribution in [-0.4, -0.2) is 65.6 Å². The minimum Gasteiger partial charge on any atom is -0.481 e. The van der Waals surface area contributed by atoms with Crippen LogP contribution in [0.15, 0.2) is 22.9 Å². The van der Waals surface area contributed by atoms with Crippen LogP contribution < -0.4 is 21.7 Å². The van der Waals surface area contributed by atoms with Crippen molar-refractivity contribution in [2.75, 3.05) is 37.5 Å². The molecule has 25 heavy (non-hydrogen) atoms. The fraction of sp³-hybridized carbons (Fsp3) is 0.429. The number of aromatic amines is 1. The van der Waals surface area contributed by atoms with Gasteiger partial charge in [-0.1, -0.05) is 0 Å². The van der Waals surface area contributed by atoms with E-state index in [1.807, 2.05) is 0 Å². The number of halogens is 1. The lowest BCUT2D eigenvalue weighted by Gasteiger charge is -2.17. The predicted molar refractivity (Wildman–Crippen MR) is 93.0 cm³/mol. The number of aliphatic imine (C=N–C) groups is 1. The van der Waals surface area contributed by atoms with Crippen LogP contribution in [0.3, 0.4) is 0 Å². The fourth-order valence-electron chi connectivity index (χ4n) is 2.53. The molecule has 0 spiro atoms. The number of nitrogens with one attached hydrogen (secondary N) is 2. The van der Waals surface area contributed by atoms with Gasteiger partial charge >= 0.3 is 0 Å². The molecule has 1 fully saturated rings. The second-order valence-electron chi connectivity index (χ2n) is 5.55. The van der Waals surface area contributed by atoms with Gasteiger partial charge in [0.1, 0.15) is 17.4 Å². The van der Waals surface area contributed by atoms with E-state index in [1.54, 1.807) is 11.9 Å². The van der Waals surface area contributed by atoms with Crippen molar-refractivity contribution in [3.8, 4) is 0 Å². The molecule has 2 atom stereocenters. The van der Waals surface area contributed by atoms with Gasteiger partial charge in [-0.2, -0.15) is 9.97 Å². The Kier molecular flexibility index (Phi) is 4.65. The van der Waals surface area contributed by atoms with Crippen LogP contribution in [0.2, 0.25) is 0 Å². The summed E-state index contributed by atoms with van der Waals surface area (Å²) in [7, 11) is 3.06. The van der Waals surface area contributed by atoms with Gasteiger partial charge in [0.15, 0.2) is 11.5 Å². The SMILES string of the molecule is CN=CC(Nc1nc(N2C[C@@H](N)[C@H](F)C2)nc2nc[nH]c12)=C(N)OC. The van der Waals surface area contributed by atoms with Crippen LogP contribution >= 0.6 is 0 Å². The van der Waals surface area contributed by atoms with Crippen LogP contribution in [0.5, 0.6) is 0 Å². The molecule has 134 valence electrons. The van der Waals surface area contributed by atoms with Crippen LogP contribution in [0, 0.1) is 0 Å². The highest BCUT2D eigenvalue weighted by Gasteiger charge is 2.32. The van der Waals surface area contributed by atoms with Crippen molar-refractivity contribution in [3.05, 3.63) is 17.9 Å². The maximum Gasteiger partial charge on any atom is 0.229 e. The zero-order valence-electron chi connectivity index (χ0n) is 13.9. The van der Waals surface area contributed by atoms with Gasteiger partial charge in [0.2, 0.25) is 11.8 Å². The van der Waals surface area contributed by atoms with E-state index in [0.29, 0.717) is 35.2 Å². The largest absolute Gasteiger partial charge is 0.481 e. The first-order chi connectivity index (χ1) is 12.0. The van der Waals surface area contributed by atoms with Crippen molar-refractivity contribution in [1.29, 1.82) is 0 Å². The average molecular weight is 349 g/mol. The van der Waals surface area contributed by atoms with Gasteiger partial charge < -0.3 is 31.4 Å². The molecule has 11 heteroatoms. The van der Waals surface area contributed by atoms with Crippen LogP contribution in [0.25, 0.3) is 11.2 Å². The number of nitrogens with zero attached hydrogens (tertiary/aromatic N) is 5. The van der Waals surface area contributed by atoms with Gasteiger partial charge in [0.25, 0.3) is 0 Å². The molecule has 2 aromatic rings. The molecule has 0 saturated carbocycles. The molecule has 0 aromatic carbocycles. The molecule has 1 aliphatic rings. The van der Waals surface area contributed by atoms with E-state index >= 15 is 0 Å². The molecule has 1 aliphatic heterocycles. The van der Waals surface area contributed by atoms with Crippen LogP contribution in [0.4, 0.5) is 16.2 Å². The second-order valence-corrected chi connectivity index (χ2v) is 5.55. The number of imidazole rings is 1. The number of anilines is 2. The molecule has 10 nitrogen and oxygen atoms in total. The third-order valence-electron chi connectivity index (χ3n) is 3.84. The number of aromatic nitrogens is 4. The first kappa shape index (κ1) is 16.9. The monoisotopic (exact) mass is 349 g/mol. The number of alkyl halides is 1. The maximum absolute atomic E-state index is 13.8. The third-order valence-corrected chi connectivity index (χ3v) is 3.84. The molecular weight excluding hydrogens is 329 g/mol. The van der Waals surface area contributed by atoms with E-state index in [-0.39, 0.29) is 12.4 Å². The number of nitrogens with two attached hydrogens (primary N) is 2. The van der Waals surface area contributed by atoms with Gasteiger partial charge in [-0.15, -0.1) is 0 Å². The summed E-state index contributed by atoms with van der Waals surface area (Å²) in [5.74, 6) is 0.898. The normalized spacial score (nSPS) is 21.8. The number of hydrogen-bond donors (Lipinski definition) is 4. The van der Waals surface area contributed by atoms with Gasteiger partial charge in [-0.3, -0.25) is 4.99 Å². The zero-order valence-corrected chi connectivity index (χ0v) is 13.9. The van der Waals surface area contributed by atoms with Gasteiger partial charge in [-0.05, 0) is 0 Å². The average Bonchev–Trinajstić information content (AvgIpc) is 3.20. The Hall–Kier alpha value is -2.95. The smallest absolute Gasteiger partial charge is 0.229 e. The molecule has 0 aliphatic carbocycles. The summed E-state index contributed by atoms with van der Waals surface area (Å²) in [4.78, 5) is 21.6. The highest BCUT2D eigenvalue weighted by atomic mass is 19.1. The van der Waals surface area contributed by atoms with Crippen molar-refractivity contribution >= 4 is 29.1 Å². The first-order valence-corrected chi connectivity index (χ1v) is 7.62. The summed E-state index contributed by atoms with van der Waals surface area (Å²) in [5, 5.41) is 3.05.